The summed E-state index contributed by atoms with van der Waals surface area (Å²) in [6, 6.07) is 5.90. The molecule has 0 aliphatic carbocycles. The predicted octanol–water partition coefficient (Wildman–Crippen LogP) is 3.73. The Kier molecular flexibility index (Phi) is 4.04. The summed E-state index contributed by atoms with van der Waals surface area (Å²) in [7, 11) is 0. The molecule has 0 fully saturated rings. The van der Waals surface area contributed by atoms with Gasteiger partial charge in [0.25, 0.3) is 5.91 Å². The Labute approximate surface area is 115 Å². The molecule has 0 radical (unpaired) electrons. The van der Waals surface area contributed by atoms with Gasteiger partial charge in [0, 0.05) is 21.5 Å². The van der Waals surface area contributed by atoms with Crippen molar-refractivity contribution < 1.29 is 4.79 Å². The molecule has 5 heteroatoms. The molecule has 1 aromatic heterocycles. The van der Waals surface area contributed by atoms with Gasteiger partial charge in [0.2, 0.25) is 0 Å². The van der Waals surface area contributed by atoms with Gasteiger partial charge >= 0.3 is 0 Å². The van der Waals surface area contributed by atoms with Crippen molar-refractivity contribution in [2.75, 3.05) is 11.6 Å². The van der Waals surface area contributed by atoms with Gasteiger partial charge in [-0.3, -0.25) is 10.1 Å². The second-order valence-corrected chi connectivity index (χ2v) is 6.03. The molecule has 1 heterocycles. The van der Waals surface area contributed by atoms with Crippen molar-refractivity contribution in [2.45, 2.75) is 18.7 Å². The lowest BCUT2D eigenvalue weighted by molar-refractivity contribution is 0.102. The molecule has 0 aliphatic rings. The summed E-state index contributed by atoms with van der Waals surface area (Å²) in [6.45, 7) is 3.90. The molecule has 0 aliphatic heterocycles. The molecule has 0 saturated heterocycles. The van der Waals surface area contributed by atoms with Crippen LogP contribution < -0.4 is 5.32 Å². The molecular weight excluding hydrogens is 264 g/mol. The number of rotatable bonds is 3. The molecule has 3 nitrogen and oxygen atoms in total. The maximum atomic E-state index is 12.2. The van der Waals surface area contributed by atoms with E-state index < -0.39 is 0 Å². The minimum absolute atomic E-state index is 0.0993. The fourth-order valence-corrected chi connectivity index (χ4v) is 2.65. The Balaban J connectivity index is 2.23. The van der Waals surface area contributed by atoms with Crippen molar-refractivity contribution in [3.8, 4) is 0 Å². The predicted molar refractivity (Wildman–Crippen MR) is 77.8 cm³/mol. The Hall–Kier alpha value is -1.33. The van der Waals surface area contributed by atoms with E-state index in [1.807, 2.05) is 38.3 Å². The quantitative estimate of drug-likeness (QED) is 0.870. The monoisotopic (exact) mass is 278 g/mol. The molecule has 94 valence electrons. The van der Waals surface area contributed by atoms with Crippen molar-refractivity contribution in [3.63, 3.8) is 0 Å². The molecule has 0 saturated carbocycles. The van der Waals surface area contributed by atoms with Crippen LogP contribution in [0.15, 0.2) is 29.3 Å². The fourth-order valence-electron chi connectivity index (χ4n) is 1.55. The van der Waals surface area contributed by atoms with Crippen molar-refractivity contribution in [1.29, 1.82) is 0 Å². The van der Waals surface area contributed by atoms with Crippen LogP contribution in [0.2, 0.25) is 0 Å². The van der Waals surface area contributed by atoms with Crippen LogP contribution >= 0.6 is 23.1 Å². The van der Waals surface area contributed by atoms with Gasteiger partial charge in [-0.05, 0) is 37.8 Å². The van der Waals surface area contributed by atoms with Crippen molar-refractivity contribution in [1.82, 2.24) is 4.98 Å². The van der Waals surface area contributed by atoms with Crippen LogP contribution in [0.1, 0.15) is 20.8 Å². The largest absolute Gasteiger partial charge is 0.298 e. The van der Waals surface area contributed by atoms with Crippen LogP contribution in [0.4, 0.5) is 5.13 Å². The second kappa shape index (κ2) is 5.54. The Morgan fingerprint density at radius 2 is 2.17 bits per heavy atom. The number of anilines is 1. The summed E-state index contributed by atoms with van der Waals surface area (Å²) in [5.41, 5.74) is 1.67. The van der Waals surface area contributed by atoms with Gasteiger partial charge in [-0.1, -0.05) is 6.07 Å². The number of benzene rings is 1. The van der Waals surface area contributed by atoms with Gasteiger partial charge in [0.05, 0.1) is 0 Å². The Morgan fingerprint density at radius 1 is 1.39 bits per heavy atom. The van der Waals surface area contributed by atoms with E-state index in [4.69, 9.17) is 0 Å². The first-order valence-electron chi connectivity index (χ1n) is 5.48. The van der Waals surface area contributed by atoms with Crippen molar-refractivity contribution in [3.05, 3.63) is 40.4 Å². The van der Waals surface area contributed by atoms with Gasteiger partial charge in [-0.15, -0.1) is 23.1 Å². The summed E-state index contributed by atoms with van der Waals surface area (Å²) in [4.78, 5) is 18.5. The molecule has 0 spiro atoms. The van der Waals surface area contributed by atoms with Crippen LogP contribution in [0, 0.1) is 13.8 Å². The smallest absolute Gasteiger partial charge is 0.257 e. The third-order valence-corrected chi connectivity index (χ3v) is 4.08. The summed E-state index contributed by atoms with van der Waals surface area (Å²) in [5.74, 6) is -0.0993. The highest BCUT2D eigenvalue weighted by atomic mass is 32.2. The number of hydrogen-bond acceptors (Lipinski definition) is 4. The lowest BCUT2D eigenvalue weighted by Gasteiger charge is -2.07. The van der Waals surface area contributed by atoms with Gasteiger partial charge in [0.15, 0.2) is 5.13 Å². The van der Waals surface area contributed by atoms with E-state index >= 15 is 0 Å². The molecule has 0 atom stereocenters. The van der Waals surface area contributed by atoms with Gasteiger partial charge < -0.3 is 0 Å². The first-order valence-corrected chi connectivity index (χ1v) is 7.52. The molecule has 1 N–H and O–H groups in total. The van der Waals surface area contributed by atoms with E-state index in [-0.39, 0.29) is 5.91 Å². The normalized spacial score (nSPS) is 10.4. The molecule has 0 bridgehead atoms. The maximum absolute atomic E-state index is 12.2. The van der Waals surface area contributed by atoms with Crippen LogP contribution in [-0.2, 0) is 0 Å². The highest BCUT2D eigenvalue weighted by Crippen LogP contribution is 2.21. The van der Waals surface area contributed by atoms with Gasteiger partial charge in [-0.25, -0.2) is 4.98 Å². The highest BCUT2D eigenvalue weighted by molar-refractivity contribution is 7.98. The number of thioether (sulfide) groups is 1. The van der Waals surface area contributed by atoms with E-state index in [9.17, 15) is 4.79 Å². The Morgan fingerprint density at radius 3 is 2.78 bits per heavy atom. The third kappa shape index (κ3) is 2.91. The average molecular weight is 278 g/mol. The number of nitrogens with zero attached hydrogens (tertiary/aromatic N) is 1. The van der Waals surface area contributed by atoms with Crippen LogP contribution in [-0.4, -0.2) is 17.1 Å². The molecule has 1 amide bonds. The van der Waals surface area contributed by atoms with E-state index in [0.29, 0.717) is 10.7 Å². The SMILES string of the molecule is CSc1ccc(C)c(C(=O)Nc2ncc(C)s2)c1. The zero-order valence-corrected chi connectivity index (χ0v) is 12.1. The average Bonchev–Trinajstić information content (AvgIpc) is 2.75. The number of nitrogens with one attached hydrogen (secondary N) is 1. The first-order chi connectivity index (χ1) is 8.60. The minimum Gasteiger partial charge on any atom is -0.298 e. The van der Waals surface area contributed by atoms with Crippen LogP contribution in [0.3, 0.4) is 0 Å². The van der Waals surface area contributed by atoms with E-state index in [0.717, 1.165) is 15.3 Å². The fraction of sp³-hybridized carbons (Fsp3) is 0.231. The summed E-state index contributed by atoms with van der Waals surface area (Å²) >= 11 is 3.10. The molecular formula is C13H14N2OS2. The molecule has 18 heavy (non-hydrogen) atoms. The lowest BCUT2D eigenvalue weighted by Crippen LogP contribution is -2.13. The molecule has 1 aromatic carbocycles. The minimum atomic E-state index is -0.0993. The number of aryl methyl sites for hydroxylation is 2. The number of carbonyl (C=O) groups is 1. The van der Waals surface area contributed by atoms with Crippen molar-refractivity contribution in [2.24, 2.45) is 0 Å². The maximum Gasteiger partial charge on any atom is 0.257 e. The van der Waals surface area contributed by atoms with Crippen LogP contribution in [0.25, 0.3) is 0 Å². The number of thiazole rings is 1. The zero-order valence-electron chi connectivity index (χ0n) is 10.5. The number of hydrogen-bond donors (Lipinski definition) is 1. The molecule has 2 aromatic rings. The summed E-state index contributed by atoms with van der Waals surface area (Å²) < 4.78 is 0. The lowest BCUT2D eigenvalue weighted by atomic mass is 10.1. The molecule has 0 unspecified atom stereocenters. The number of carbonyl (C=O) groups excluding carboxylic acids is 1. The van der Waals surface area contributed by atoms with Crippen molar-refractivity contribution >= 4 is 34.1 Å². The molecule has 2 rings (SSSR count). The van der Waals surface area contributed by atoms with Gasteiger partial charge in [-0.2, -0.15) is 0 Å². The Bertz CT molecular complexity index is 578. The number of amides is 1. The topological polar surface area (TPSA) is 42.0 Å². The zero-order chi connectivity index (χ0) is 13.1. The second-order valence-electron chi connectivity index (χ2n) is 3.91. The van der Waals surface area contributed by atoms with E-state index in [2.05, 4.69) is 10.3 Å². The van der Waals surface area contributed by atoms with E-state index in [1.54, 1.807) is 18.0 Å². The first kappa shape index (κ1) is 13.1. The van der Waals surface area contributed by atoms with E-state index in [1.165, 1.54) is 11.3 Å². The number of aromatic nitrogens is 1. The highest BCUT2D eigenvalue weighted by Gasteiger charge is 2.11. The van der Waals surface area contributed by atoms with Crippen LogP contribution in [0.5, 0.6) is 0 Å². The van der Waals surface area contributed by atoms with Gasteiger partial charge in [0.1, 0.15) is 0 Å². The third-order valence-electron chi connectivity index (χ3n) is 2.53. The summed E-state index contributed by atoms with van der Waals surface area (Å²) in [6.07, 6.45) is 3.75. The standard InChI is InChI=1S/C13H14N2OS2/c1-8-4-5-10(17-3)6-11(8)12(16)15-13-14-7-9(2)18-13/h4-7H,1-3H3,(H,14,15,16). The summed E-state index contributed by atoms with van der Waals surface area (Å²) in [5, 5.41) is 3.48.